The standard InChI is InChI=1S/C15H18Br2ClN3/c1-11(2)21-14(19-10-20-21)7-15(8-16,9-17)12-3-5-13(18)6-4-12/h3-6,10-11H,7-9H2,1-2H3. The molecule has 2 rings (SSSR count). The van der Waals surface area contributed by atoms with Gasteiger partial charge >= 0.3 is 0 Å². The molecule has 0 spiro atoms. The third kappa shape index (κ3) is 3.69. The Morgan fingerprint density at radius 2 is 1.81 bits per heavy atom. The molecule has 1 heterocycles. The molecule has 0 bridgehead atoms. The lowest BCUT2D eigenvalue weighted by atomic mass is 9.81. The second-order valence-electron chi connectivity index (χ2n) is 5.45. The zero-order valence-electron chi connectivity index (χ0n) is 12.1. The first-order valence-electron chi connectivity index (χ1n) is 6.79. The van der Waals surface area contributed by atoms with Gasteiger partial charge < -0.3 is 0 Å². The fraction of sp³-hybridized carbons (Fsp3) is 0.467. The van der Waals surface area contributed by atoms with Crippen molar-refractivity contribution >= 4 is 43.5 Å². The first-order chi connectivity index (χ1) is 10.0. The van der Waals surface area contributed by atoms with Crippen molar-refractivity contribution in [1.29, 1.82) is 0 Å². The summed E-state index contributed by atoms with van der Waals surface area (Å²) < 4.78 is 1.98. The van der Waals surface area contributed by atoms with Gasteiger partial charge in [0, 0.05) is 33.6 Å². The highest BCUT2D eigenvalue weighted by Crippen LogP contribution is 2.33. The molecule has 0 radical (unpaired) electrons. The van der Waals surface area contributed by atoms with Crippen LogP contribution in [0.4, 0.5) is 0 Å². The van der Waals surface area contributed by atoms with Crippen LogP contribution >= 0.6 is 43.5 Å². The Kier molecular flexibility index (Phi) is 5.86. The van der Waals surface area contributed by atoms with Crippen LogP contribution in [-0.2, 0) is 11.8 Å². The molecule has 6 heteroatoms. The second kappa shape index (κ2) is 7.25. The van der Waals surface area contributed by atoms with Gasteiger partial charge in [0.25, 0.3) is 0 Å². The van der Waals surface area contributed by atoms with Crippen molar-refractivity contribution in [3.63, 3.8) is 0 Å². The molecule has 0 saturated heterocycles. The fourth-order valence-corrected chi connectivity index (χ4v) is 4.42. The van der Waals surface area contributed by atoms with Gasteiger partial charge in [0.05, 0.1) is 0 Å². The number of nitrogens with zero attached hydrogens (tertiary/aromatic N) is 3. The minimum absolute atomic E-state index is 0.0791. The molecule has 0 amide bonds. The molecular weight excluding hydrogens is 417 g/mol. The van der Waals surface area contributed by atoms with E-state index in [4.69, 9.17) is 11.6 Å². The van der Waals surface area contributed by atoms with Gasteiger partial charge in [-0.1, -0.05) is 55.6 Å². The zero-order chi connectivity index (χ0) is 15.5. The molecule has 21 heavy (non-hydrogen) atoms. The predicted octanol–water partition coefficient (Wildman–Crippen LogP) is 4.78. The number of halogens is 3. The van der Waals surface area contributed by atoms with Gasteiger partial charge in [-0.25, -0.2) is 9.67 Å². The summed E-state index contributed by atoms with van der Waals surface area (Å²) in [6.45, 7) is 4.23. The maximum Gasteiger partial charge on any atom is 0.138 e. The molecule has 1 aromatic carbocycles. The zero-order valence-corrected chi connectivity index (χ0v) is 16.0. The quantitative estimate of drug-likeness (QED) is 0.611. The Bertz CT molecular complexity index is 577. The van der Waals surface area contributed by atoms with E-state index in [1.165, 1.54) is 5.56 Å². The molecule has 0 N–H and O–H groups in total. The van der Waals surface area contributed by atoms with Gasteiger partial charge in [-0.15, -0.1) is 0 Å². The van der Waals surface area contributed by atoms with Crippen molar-refractivity contribution in [3.8, 4) is 0 Å². The van der Waals surface area contributed by atoms with E-state index in [1.54, 1.807) is 6.33 Å². The lowest BCUT2D eigenvalue weighted by Gasteiger charge is -2.30. The summed E-state index contributed by atoms with van der Waals surface area (Å²) in [5.41, 5.74) is 1.16. The van der Waals surface area contributed by atoms with Crippen molar-refractivity contribution < 1.29 is 0 Å². The summed E-state index contributed by atoms with van der Waals surface area (Å²) in [7, 11) is 0. The summed E-state index contributed by atoms with van der Waals surface area (Å²) >= 11 is 13.4. The van der Waals surface area contributed by atoms with Crippen molar-refractivity contribution in [2.24, 2.45) is 0 Å². The van der Waals surface area contributed by atoms with Crippen LogP contribution in [0.1, 0.15) is 31.3 Å². The van der Waals surface area contributed by atoms with Crippen molar-refractivity contribution in [1.82, 2.24) is 14.8 Å². The molecule has 114 valence electrons. The number of benzene rings is 1. The highest BCUT2D eigenvalue weighted by molar-refractivity contribution is 9.09. The van der Waals surface area contributed by atoms with Gasteiger partial charge in [-0.05, 0) is 31.5 Å². The highest BCUT2D eigenvalue weighted by atomic mass is 79.9. The van der Waals surface area contributed by atoms with E-state index in [0.717, 1.165) is 27.9 Å². The monoisotopic (exact) mass is 433 g/mol. The molecule has 0 fully saturated rings. The van der Waals surface area contributed by atoms with Crippen LogP contribution in [0.2, 0.25) is 5.02 Å². The summed E-state index contributed by atoms with van der Waals surface area (Å²) in [5, 5.41) is 6.74. The molecule has 3 nitrogen and oxygen atoms in total. The van der Waals surface area contributed by atoms with Crippen LogP contribution in [0.15, 0.2) is 30.6 Å². The number of hydrogen-bond donors (Lipinski definition) is 0. The van der Waals surface area contributed by atoms with Crippen molar-refractivity contribution in [2.75, 3.05) is 10.7 Å². The Morgan fingerprint density at radius 3 is 2.33 bits per heavy atom. The van der Waals surface area contributed by atoms with E-state index in [1.807, 2.05) is 16.8 Å². The fourth-order valence-electron chi connectivity index (χ4n) is 2.32. The molecule has 1 aromatic heterocycles. The topological polar surface area (TPSA) is 30.7 Å². The predicted molar refractivity (Wildman–Crippen MR) is 94.8 cm³/mol. The van der Waals surface area contributed by atoms with Crippen molar-refractivity contribution in [2.45, 2.75) is 31.7 Å². The maximum atomic E-state index is 6.01. The molecule has 0 aliphatic carbocycles. The van der Waals surface area contributed by atoms with Gasteiger partial charge in [-0.2, -0.15) is 5.10 Å². The summed E-state index contributed by atoms with van der Waals surface area (Å²) in [6, 6.07) is 8.34. The van der Waals surface area contributed by atoms with E-state index in [9.17, 15) is 0 Å². The second-order valence-corrected chi connectivity index (χ2v) is 7.00. The Labute approximate surface area is 147 Å². The summed E-state index contributed by atoms with van der Waals surface area (Å²) in [6.07, 6.45) is 2.44. The molecular formula is C15H18Br2ClN3. The average Bonchev–Trinajstić information content (AvgIpc) is 2.94. The SMILES string of the molecule is CC(C)n1ncnc1CC(CBr)(CBr)c1ccc(Cl)cc1. The number of alkyl halides is 2. The number of hydrogen-bond acceptors (Lipinski definition) is 2. The third-order valence-corrected chi connectivity index (χ3v) is 6.00. The Balaban J connectivity index is 2.38. The first kappa shape index (κ1) is 17.0. The largest absolute Gasteiger partial charge is 0.248 e. The highest BCUT2D eigenvalue weighted by Gasteiger charge is 2.32. The minimum Gasteiger partial charge on any atom is -0.248 e. The third-order valence-electron chi connectivity index (χ3n) is 3.60. The molecule has 0 aliphatic heterocycles. The number of aromatic nitrogens is 3. The Hall–Kier alpha value is -0.390. The first-order valence-corrected chi connectivity index (χ1v) is 9.41. The normalized spacial score (nSPS) is 12.1. The van der Waals surface area contributed by atoms with Crippen LogP contribution in [0.5, 0.6) is 0 Å². The van der Waals surface area contributed by atoms with Gasteiger partial charge in [-0.3, -0.25) is 0 Å². The average molecular weight is 436 g/mol. The molecule has 0 saturated carbocycles. The van der Waals surface area contributed by atoms with Crippen LogP contribution in [0.3, 0.4) is 0 Å². The lowest BCUT2D eigenvalue weighted by Crippen LogP contribution is -2.34. The van der Waals surface area contributed by atoms with E-state index in [0.29, 0.717) is 6.04 Å². The molecule has 0 atom stereocenters. The lowest BCUT2D eigenvalue weighted by molar-refractivity contribution is 0.460. The maximum absolute atomic E-state index is 6.01. The van der Waals surface area contributed by atoms with Gasteiger partial charge in [0.1, 0.15) is 12.2 Å². The van der Waals surface area contributed by atoms with Crippen LogP contribution in [0, 0.1) is 0 Å². The molecule has 0 aliphatic rings. The van der Waals surface area contributed by atoms with E-state index < -0.39 is 0 Å². The summed E-state index contributed by atoms with van der Waals surface area (Å²) in [4.78, 5) is 4.45. The molecule has 0 unspecified atom stereocenters. The Morgan fingerprint density at radius 1 is 1.19 bits per heavy atom. The van der Waals surface area contributed by atoms with Gasteiger partial charge in [0.15, 0.2) is 0 Å². The smallest absolute Gasteiger partial charge is 0.138 e. The van der Waals surface area contributed by atoms with Crippen LogP contribution < -0.4 is 0 Å². The summed E-state index contributed by atoms with van der Waals surface area (Å²) in [5.74, 6) is 0.999. The van der Waals surface area contributed by atoms with Gasteiger partial charge in [0.2, 0.25) is 0 Å². The number of rotatable bonds is 6. The minimum atomic E-state index is -0.0791. The van der Waals surface area contributed by atoms with Crippen LogP contribution in [0.25, 0.3) is 0 Å². The van der Waals surface area contributed by atoms with E-state index in [-0.39, 0.29) is 5.41 Å². The van der Waals surface area contributed by atoms with E-state index >= 15 is 0 Å². The van der Waals surface area contributed by atoms with E-state index in [2.05, 4.69) is 67.9 Å². The van der Waals surface area contributed by atoms with Crippen molar-refractivity contribution in [3.05, 3.63) is 47.0 Å². The van der Waals surface area contributed by atoms with Crippen LogP contribution in [-0.4, -0.2) is 25.4 Å². The molecule has 2 aromatic rings.